The number of guanidine groups is 1. The first-order valence-electron chi connectivity index (χ1n) is 11.2. The van der Waals surface area contributed by atoms with Gasteiger partial charge in [-0.25, -0.2) is 8.42 Å². The second-order valence-corrected chi connectivity index (χ2v) is 10.2. The number of nitrogens with two attached hydrogens (primary N) is 1. The van der Waals surface area contributed by atoms with E-state index in [0.717, 1.165) is 10.8 Å². The van der Waals surface area contributed by atoms with Gasteiger partial charge >= 0.3 is 7.12 Å². The molecule has 0 spiro atoms. The number of aliphatic imine (C=N–C) groups is 1. The fourth-order valence-electron chi connectivity index (χ4n) is 3.48. The zero-order chi connectivity index (χ0) is 25.3. The number of carbonyl (C=O) groups excluding carboxylic acids is 1. The van der Waals surface area contributed by atoms with E-state index in [-0.39, 0.29) is 23.2 Å². The van der Waals surface area contributed by atoms with E-state index in [9.17, 15) is 23.3 Å². The Hall–Kier alpha value is -2.67. The molecular formula is C22H34BN5O5S. The Labute approximate surface area is 201 Å². The number of sulfonamides is 1. The van der Waals surface area contributed by atoms with Crippen LogP contribution in [0.5, 0.6) is 0 Å². The van der Waals surface area contributed by atoms with Crippen LogP contribution < -0.4 is 21.1 Å². The third-order valence-electron chi connectivity index (χ3n) is 5.27. The third kappa shape index (κ3) is 8.28. The monoisotopic (exact) mass is 491 g/mol. The number of amides is 1. The number of carbonyl (C=O) groups is 1. The van der Waals surface area contributed by atoms with E-state index >= 15 is 0 Å². The zero-order valence-electron chi connectivity index (χ0n) is 19.7. The SMILES string of the molecule is CN=C(N)NCCC[C@H](NS(=O)(=O)c1ccc2ccccc2c1)C(=O)N[C@@H](CC(C)C)B(O)O. The molecule has 0 radical (unpaired) electrons. The molecule has 0 heterocycles. The van der Waals surface area contributed by atoms with Crippen molar-refractivity contribution >= 4 is 39.8 Å². The summed E-state index contributed by atoms with van der Waals surface area (Å²) in [7, 11) is -4.28. The summed E-state index contributed by atoms with van der Waals surface area (Å²) in [6, 6.07) is 11.0. The number of benzene rings is 2. The van der Waals surface area contributed by atoms with Crippen molar-refractivity contribution < 1.29 is 23.3 Å². The second-order valence-electron chi connectivity index (χ2n) is 8.52. The molecule has 0 bridgehead atoms. The molecule has 2 aromatic carbocycles. The summed E-state index contributed by atoms with van der Waals surface area (Å²) in [6.45, 7) is 4.14. The van der Waals surface area contributed by atoms with Crippen molar-refractivity contribution in [2.75, 3.05) is 13.6 Å². The van der Waals surface area contributed by atoms with Gasteiger partial charge in [-0.15, -0.1) is 0 Å². The van der Waals surface area contributed by atoms with Gasteiger partial charge in [0, 0.05) is 13.6 Å². The van der Waals surface area contributed by atoms with Crippen LogP contribution in [-0.2, 0) is 14.8 Å². The fraction of sp³-hybridized carbons (Fsp3) is 0.455. The maximum Gasteiger partial charge on any atom is 0.475 e. The third-order valence-corrected chi connectivity index (χ3v) is 6.74. The van der Waals surface area contributed by atoms with E-state index in [1.165, 1.54) is 13.1 Å². The Bertz CT molecular complexity index is 1090. The molecule has 2 atom stereocenters. The highest BCUT2D eigenvalue weighted by Gasteiger charge is 2.31. The van der Waals surface area contributed by atoms with Gasteiger partial charge in [0.1, 0.15) is 6.04 Å². The summed E-state index contributed by atoms with van der Waals surface area (Å²) >= 11 is 0. The maximum atomic E-state index is 13.1. The van der Waals surface area contributed by atoms with Crippen molar-refractivity contribution in [3.8, 4) is 0 Å². The molecule has 0 aliphatic carbocycles. The first kappa shape index (κ1) is 27.6. The zero-order valence-corrected chi connectivity index (χ0v) is 20.5. The van der Waals surface area contributed by atoms with Crippen LogP contribution >= 0.6 is 0 Å². The van der Waals surface area contributed by atoms with Crippen LogP contribution in [0.3, 0.4) is 0 Å². The van der Waals surface area contributed by atoms with Crippen LogP contribution in [0.15, 0.2) is 52.4 Å². The lowest BCUT2D eigenvalue weighted by molar-refractivity contribution is -0.123. The Kier molecular flexibility index (Phi) is 10.3. The molecule has 0 aromatic heterocycles. The summed E-state index contributed by atoms with van der Waals surface area (Å²) in [5.74, 6) is -1.25. The molecule has 2 rings (SSSR count). The molecule has 0 saturated carbocycles. The number of nitrogens with one attached hydrogen (secondary N) is 3. The molecule has 2 aromatic rings. The van der Waals surface area contributed by atoms with Crippen LogP contribution in [0.1, 0.15) is 33.1 Å². The Morgan fingerprint density at radius 1 is 1.15 bits per heavy atom. The number of fused-ring (bicyclic) bond motifs is 1. The smallest absolute Gasteiger partial charge is 0.426 e. The second kappa shape index (κ2) is 12.7. The van der Waals surface area contributed by atoms with Gasteiger partial charge in [0.15, 0.2) is 5.96 Å². The number of rotatable bonds is 12. The molecule has 0 aliphatic heterocycles. The summed E-state index contributed by atoms with van der Waals surface area (Å²) in [4.78, 5) is 16.8. The van der Waals surface area contributed by atoms with Gasteiger partial charge in [-0.3, -0.25) is 9.79 Å². The van der Waals surface area contributed by atoms with Gasteiger partial charge < -0.3 is 26.4 Å². The quantitative estimate of drug-likeness (QED) is 0.108. The molecule has 34 heavy (non-hydrogen) atoms. The van der Waals surface area contributed by atoms with Gasteiger partial charge in [-0.1, -0.05) is 44.2 Å². The van der Waals surface area contributed by atoms with Crippen LogP contribution in [0.2, 0.25) is 0 Å². The van der Waals surface area contributed by atoms with Gasteiger partial charge in [0.25, 0.3) is 0 Å². The lowest BCUT2D eigenvalue weighted by atomic mass is 9.75. The van der Waals surface area contributed by atoms with E-state index in [1.807, 2.05) is 38.1 Å². The summed E-state index contributed by atoms with van der Waals surface area (Å²) < 4.78 is 28.7. The van der Waals surface area contributed by atoms with E-state index in [4.69, 9.17) is 5.73 Å². The van der Waals surface area contributed by atoms with Gasteiger partial charge in [0.05, 0.1) is 10.8 Å². The standard InChI is InChI=1S/C22H34BN5O5S/c1-15(2)13-20(23(30)31)27-21(29)19(9-6-12-26-22(24)25-3)28-34(32,33)18-11-10-16-7-4-5-8-17(16)14-18/h4-5,7-8,10-11,14-15,19-20,28,30-31H,6,9,12-13H2,1-3H3,(H,27,29)(H3,24,25,26)/t19-,20-/m0/s1. The van der Waals surface area contributed by atoms with Crippen molar-refractivity contribution in [3.63, 3.8) is 0 Å². The molecule has 186 valence electrons. The number of nitrogens with zero attached hydrogens (tertiary/aromatic N) is 1. The molecule has 7 N–H and O–H groups in total. The van der Waals surface area contributed by atoms with Crippen molar-refractivity contribution in [3.05, 3.63) is 42.5 Å². The topological polar surface area (TPSA) is 166 Å². The normalized spacial score (nSPS) is 14.1. The highest BCUT2D eigenvalue weighted by atomic mass is 32.2. The average Bonchev–Trinajstić information content (AvgIpc) is 2.79. The minimum atomic E-state index is -4.04. The Morgan fingerprint density at radius 3 is 2.44 bits per heavy atom. The minimum absolute atomic E-state index is 0.0328. The van der Waals surface area contributed by atoms with E-state index in [2.05, 4.69) is 20.3 Å². The summed E-state index contributed by atoms with van der Waals surface area (Å²) in [5, 5.41) is 26.4. The first-order valence-corrected chi connectivity index (χ1v) is 12.7. The summed E-state index contributed by atoms with van der Waals surface area (Å²) in [6.07, 6.45) is 0.877. The summed E-state index contributed by atoms with van der Waals surface area (Å²) in [5.41, 5.74) is 5.61. The Balaban J connectivity index is 2.22. The van der Waals surface area contributed by atoms with Crippen molar-refractivity contribution in [2.45, 2.75) is 50.0 Å². The van der Waals surface area contributed by atoms with Crippen LogP contribution in [0, 0.1) is 5.92 Å². The molecule has 0 saturated heterocycles. The van der Waals surface area contributed by atoms with E-state index in [1.54, 1.807) is 12.1 Å². The van der Waals surface area contributed by atoms with Gasteiger partial charge in [-0.05, 0) is 48.1 Å². The van der Waals surface area contributed by atoms with E-state index < -0.39 is 35.0 Å². The average molecular weight is 491 g/mol. The van der Waals surface area contributed by atoms with Crippen LogP contribution in [0.4, 0.5) is 0 Å². The molecule has 0 aliphatic rings. The molecule has 10 nitrogen and oxygen atoms in total. The lowest BCUT2D eigenvalue weighted by Crippen LogP contribution is -2.54. The first-order chi connectivity index (χ1) is 16.0. The van der Waals surface area contributed by atoms with Gasteiger partial charge in [0.2, 0.25) is 15.9 Å². The highest BCUT2D eigenvalue weighted by molar-refractivity contribution is 7.89. The lowest BCUT2D eigenvalue weighted by Gasteiger charge is -2.24. The fourth-order valence-corrected chi connectivity index (χ4v) is 4.75. The van der Waals surface area contributed by atoms with Gasteiger partial charge in [-0.2, -0.15) is 4.72 Å². The van der Waals surface area contributed by atoms with Crippen molar-refractivity contribution in [2.24, 2.45) is 16.6 Å². The number of hydrogen-bond acceptors (Lipinski definition) is 6. The predicted octanol–water partition coefficient (Wildman–Crippen LogP) is 0.344. The molecular weight excluding hydrogens is 457 g/mol. The van der Waals surface area contributed by atoms with Crippen LogP contribution in [0.25, 0.3) is 10.8 Å². The van der Waals surface area contributed by atoms with Crippen molar-refractivity contribution in [1.82, 2.24) is 15.4 Å². The van der Waals surface area contributed by atoms with E-state index in [0.29, 0.717) is 19.4 Å². The minimum Gasteiger partial charge on any atom is -0.426 e. The molecule has 0 unspecified atom stereocenters. The molecule has 1 amide bonds. The predicted molar refractivity (Wildman–Crippen MR) is 134 cm³/mol. The number of hydrogen-bond donors (Lipinski definition) is 6. The van der Waals surface area contributed by atoms with Crippen LogP contribution in [-0.4, -0.2) is 63.0 Å². The molecule has 0 fully saturated rings. The Morgan fingerprint density at radius 2 is 1.82 bits per heavy atom. The largest absolute Gasteiger partial charge is 0.475 e. The highest BCUT2D eigenvalue weighted by Crippen LogP contribution is 2.19. The van der Waals surface area contributed by atoms with Crippen molar-refractivity contribution in [1.29, 1.82) is 0 Å². The maximum absolute atomic E-state index is 13.1. The molecule has 12 heteroatoms.